The zero-order valence-electron chi connectivity index (χ0n) is 26.1. The number of ether oxygens (including phenoxy) is 1. The van der Waals surface area contributed by atoms with Crippen molar-refractivity contribution in [2.75, 3.05) is 39.4 Å². The molecule has 2 saturated heterocycles. The van der Waals surface area contributed by atoms with Crippen molar-refractivity contribution in [3.63, 3.8) is 0 Å². The molecule has 0 bridgehead atoms. The van der Waals surface area contributed by atoms with E-state index in [1.54, 1.807) is 18.2 Å². The third kappa shape index (κ3) is 9.47. The summed E-state index contributed by atoms with van der Waals surface area (Å²) in [7, 11) is 0. The van der Waals surface area contributed by atoms with Gasteiger partial charge in [-0.15, -0.1) is 0 Å². The summed E-state index contributed by atoms with van der Waals surface area (Å²) in [6.07, 6.45) is 9.89. The van der Waals surface area contributed by atoms with E-state index >= 15 is 0 Å². The monoisotopic (exact) mass is 618 g/mol. The maximum absolute atomic E-state index is 14.0. The molecule has 1 atom stereocenters. The molecule has 0 unspecified atom stereocenters. The van der Waals surface area contributed by atoms with Crippen LogP contribution in [0.25, 0.3) is 6.08 Å². The first-order valence-corrected chi connectivity index (χ1v) is 16.6. The van der Waals surface area contributed by atoms with E-state index in [2.05, 4.69) is 20.9 Å². The fourth-order valence-electron chi connectivity index (χ4n) is 6.83. The first-order chi connectivity index (χ1) is 21.9. The van der Waals surface area contributed by atoms with Crippen LogP contribution in [0.3, 0.4) is 0 Å². The summed E-state index contributed by atoms with van der Waals surface area (Å²) in [6, 6.07) is 15.1. The van der Waals surface area contributed by atoms with Gasteiger partial charge in [0.15, 0.2) is 0 Å². The fraction of sp³-hybridized carbons (Fsp3) is 0.528. The second-order valence-corrected chi connectivity index (χ2v) is 12.9. The molecule has 0 spiro atoms. The van der Waals surface area contributed by atoms with E-state index in [0.29, 0.717) is 43.2 Å². The van der Waals surface area contributed by atoms with Gasteiger partial charge in [-0.3, -0.25) is 14.4 Å². The van der Waals surface area contributed by atoms with E-state index < -0.39 is 23.3 Å². The highest BCUT2D eigenvalue weighted by atomic mass is 19.1. The van der Waals surface area contributed by atoms with E-state index in [1.807, 2.05) is 30.3 Å². The molecule has 242 valence electrons. The summed E-state index contributed by atoms with van der Waals surface area (Å²) in [5.41, 5.74) is 0.113. The Balaban J connectivity index is 1.18. The van der Waals surface area contributed by atoms with Gasteiger partial charge < -0.3 is 25.6 Å². The highest BCUT2D eigenvalue weighted by Crippen LogP contribution is 2.30. The van der Waals surface area contributed by atoms with Crippen LogP contribution in [0.1, 0.15) is 62.5 Å². The summed E-state index contributed by atoms with van der Waals surface area (Å²) in [5, 5.41) is 9.05. The minimum Gasteiger partial charge on any atom is -0.381 e. The molecular weight excluding hydrogens is 571 g/mol. The molecule has 2 aromatic carbocycles. The van der Waals surface area contributed by atoms with Crippen molar-refractivity contribution in [2.45, 2.75) is 69.4 Å². The zero-order chi connectivity index (χ0) is 31.5. The zero-order valence-corrected chi connectivity index (χ0v) is 26.1. The Bertz CT molecular complexity index is 1300. The molecule has 0 aromatic heterocycles. The Morgan fingerprint density at radius 3 is 2.33 bits per heavy atom. The lowest BCUT2D eigenvalue weighted by atomic mass is 9.93. The third-order valence-corrected chi connectivity index (χ3v) is 9.61. The lowest BCUT2D eigenvalue weighted by Gasteiger charge is -2.35. The molecule has 2 heterocycles. The summed E-state index contributed by atoms with van der Waals surface area (Å²) in [4.78, 5) is 42.9. The Hall–Kier alpha value is -3.56. The quantitative estimate of drug-likeness (QED) is 0.309. The van der Waals surface area contributed by atoms with Gasteiger partial charge in [0.1, 0.15) is 17.4 Å². The SMILES string of the molecule is O=C(/C=C/c1ccccc1F)NC1(C(=O)N[C@H](Cc2ccccc2)C(=O)NCC2CCN(CC3CCOCC3)CC2)CCCC1. The lowest BCUT2D eigenvalue weighted by Crippen LogP contribution is -2.61. The number of nitrogens with one attached hydrogen (secondary N) is 3. The van der Waals surface area contributed by atoms with Crippen LogP contribution in [-0.4, -0.2) is 73.6 Å². The van der Waals surface area contributed by atoms with E-state index in [0.717, 1.165) is 76.9 Å². The van der Waals surface area contributed by atoms with Crippen LogP contribution < -0.4 is 16.0 Å². The van der Waals surface area contributed by atoms with Gasteiger partial charge >= 0.3 is 0 Å². The maximum Gasteiger partial charge on any atom is 0.246 e. The fourth-order valence-corrected chi connectivity index (χ4v) is 6.83. The molecule has 3 amide bonds. The van der Waals surface area contributed by atoms with Gasteiger partial charge in [-0.1, -0.05) is 61.4 Å². The summed E-state index contributed by atoms with van der Waals surface area (Å²) in [6.45, 7) is 5.52. The van der Waals surface area contributed by atoms with Crippen LogP contribution in [0.15, 0.2) is 60.7 Å². The average Bonchev–Trinajstić information content (AvgIpc) is 3.54. The molecular formula is C36H47FN4O4. The van der Waals surface area contributed by atoms with Gasteiger partial charge in [0.2, 0.25) is 17.7 Å². The molecule has 9 heteroatoms. The highest BCUT2D eigenvalue weighted by Gasteiger charge is 2.43. The molecule has 45 heavy (non-hydrogen) atoms. The van der Waals surface area contributed by atoms with Gasteiger partial charge in [-0.2, -0.15) is 0 Å². The number of likely N-dealkylation sites (tertiary alicyclic amines) is 1. The molecule has 2 aliphatic heterocycles. The number of rotatable bonds is 12. The predicted molar refractivity (Wildman–Crippen MR) is 173 cm³/mol. The van der Waals surface area contributed by atoms with Gasteiger partial charge in [-0.25, -0.2) is 4.39 Å². The largest absolute Gasteiger partial charge is 0.381 e. The van der Waals surface area contributed by atoms with Crippen LogP contribution in [0, 0.1) is 17.7 Å². The van der Waals surface area contributed by atoms with Crippen LogP contribution in [0.4, 0.5) is 4.39 Å². The second-order valence-electron chi connectivity index (χ2n) is 12.9. The normalized spacial score (nSPS) is 20.1. The van der Waals surface area contributed by atoms with Gasteiger partial charge in [0, 0.05) is 44.4 Å². The van der Waals surface area contributed by atoms with Crippen molar-refractivity contribution in [2.24, 2.45) is 11.8 Å². The second kappa shape index (κ2) is 16.1. The number of halogens is 1. The summed E-state index contributed by atoms with van der Waals surface area (Å²) >= 11 is 0. The number of piperidine rings is 1. The van der Waals surface area contributed by atoms with Crippen LogP contribution in [-0.2, 0) is 25.5 Å². The number of benzene rings is 2. The van der Waals surface area contributed by atoms with E-state index in [1.165, 1.54) is 18.2 Å². The first kappa shape index (κ1) is 32.8. The molecule has 3 fully saturated rings. The third-order valence-electron chi connectivity index (χ3n) is 9.61. The molecule has 3 aliphatic rings. The minimum absolute atomic E-state index is 0.212. The Morgan fingerprint density at radius 1 is 0.933 bits per heavy atom. The van der Waals surface area contributed by atoms with Crippen molar-refractivity contribution in [3.05, 3.63) is 77.6 Å². The van der Waals surface area contributed by atoms with E-state index in [-0.39, 0.29) is 11.8 Å². The van der Waals surface area contributed by atoms with Crippen molar-refractivity contribution >= 4 is 23.8 Å². The number of amides is 3. The Kier molecular flexibility index (Phi) is 11.8. The lowest BCUT2D eigenvalue weighted by molar-refractivity contribution is -0.135. The van der Waals surface area contributed by atoms with Crippen molar-refractivity contribution < 1.29 is 23.5 Å². The van der Waals surface area contributed by atoms with E-state index in [4.69, 9.17) is 4.74 Å². The van der Waals surface area contributed by atoms with Crippen LogP contribution >= 0.6 is 0 Å². The molecule has 2 aromatic rings. The molecule has 3 N–H and O–H groups in total. The number of nitrogens with zero attached hydrogens (tertiary/aromatic N) is 1. The number of hydrogen-bond donors (Lipinski definition) is 3. The molecule has 5 rings (SSSR count). The maximum atomic E-state index is 14.0. The predicted octanol–water partition coefficient (Wildman–Crippen LogP) is 4.25. The van der Waals surface area contributed by atoms with Crippen LogP contribution in [0.5, 0.6) is 0 Å². The van der Waals surface area contributed by atoms with Crippen molar-refractivity contribution in [1.82, 2.24) is 20.9 Å². The Morgan fingerprint density at radius 2 is 1.62 bits per heavy atom. The van der Waals surface area contributed by atoms with Gasteiger partial charge in [-0.05, 0) is 81.2 Å². The number of hydrogen-bond acceptors (Lipinski definition) is 5. The highest BCUT2D eigenvalue weighted by molar-refractivity contribution is 5.99. The number of carbonyl (C=O) groups excluding carboxylic acids is 3. The average molecular weight is 619 g/mol. The minimum atomic E-state index is -1.12. The van der Waals surface area contributed by atoms with Crippen molar-refractivity contribution in [3.8, 4) is 0 Å². The molecule has 1 aliphatic carbocycles. The molecule has 0 radical (unpaired) electrons. The topological polar surface area (TPSA) is 99.8 Å². The van der Waals surface area contributed by atoms with Gasteiger partial charge in [0.05, 0.1) is 0 Å². The standard InChI is InChI=1S/C36H47FN4O4/c37-31-11-5-4-10-30(31)12-13-33(42)40-36(18-6-7-19-36)35(44)39-32(24-27-8-2-1-3-9-27)34(43)38-25-28-14-20-41(21-15-28)26-29-16-22-45-23-17-29/h1-5,8-13,28-29,32H,6-7,14-26H2,(H,38,43)(H,39,44)(H,40,42)/b13-12+/t32-/m1/s1. The number of carbonyl (C=O) groups is 3. The van der Waals surface area contributed by atoms with Crippen LogP contribution in [0.2, 0.25) is 0 Å². The van der Waals surface area contributed by atoms with Gasteiger partial charge in [0.25, 0.3) is 0 Å². The molecule has 1 saturated carbocycles. The first-order valence-electron chi connectivity index (χ1n) is 16.6. The Labute approximate surface area is 266 Å². The van der Waals surface area contributed by atoms with Crippen molar-refractivity contribution in [1.29, 1.82) is 0 Å². The van der Waals surface area contributed by atoms with E-state index in [9.17, 15) is 18.8 Å². The smallest absolute Gasteiger partial charge is 0.246 e. The summed E-state index contributed by atoms with van der Waals surface area (Å²) in [5.74, 6) is -0.351. The summed E-state index contributed by atoms with van der Waals surface area (Å²) < 4.78 is 19.5. The molecule has 8 nitrogen and oxygen atoms in total.